The van der Waals surface area contributed by atoms with Gasteiger partial charge in [-0.2, -0.15) is 0 Å². The Kier molecular flexibility index (Phi) is 6.83. The minimum Gasteiger partial charge on any atom is -0.508 e. The fourth-order valence-electron chi connectivity index (χ4n) is 6.32. The van der Waals surface area contributed by atoms with Gasteiger partial charge in [-0.15, -0.1) is 0 Å². The van der Waals surface area contributed by atoms with E-state index in [0.29, 0.717) is 45.6 Å². The number of hydrogen-bond donors (Lipinski definition) is 1. The molecule has 204 valence electrons. The van der Waals surface area contributed by atoms with Crippen LogP contribution in [0.15, 0.2) is 30.5 Å². The molecule has 2 fully saturated rings. The molecule has 39 heavy (non-hydrogen) atoms. The zero-order valence-corrected chi connectivity index (χ0v) is 22.8. The monoisotopic (exact) mass is 531 g/mol. The lowest BCUT2D eigenvalue weighted by Crippen LogP contribution is -2.40. The Morgan fingerprint density at radius 3 is 2.59 bits per heavy atom. The maximum absolute atomic E-state index is 16.5. The van der Waals surface area contributed by atoms with E-state index < -0.39 is 5.82 Å². The summed E-state index contributed by atoms with van der Waals surface area (Å²) in [6.07, 6.45) is 6.70. The van der Waals surface area contributed by atoms with Gasteiger partial charge in [0, 0.05) is 36.8 Å². The predicted molar refractivity (Wildman–Crippen MR) is 151 cm³/mol. The molecule has 2 saturated heterocycles. The van der Waals surface area contributed by atoms with Crippen LogP contribution in [0.3, 0.4) is 0 Å². The van der Waals surface area contributed by atoms with Crippen molar-refractivity contribution < 1.29 is 13.9 Å². The van der Waals surface area contributed by atoms with E-state index in [1.807, 2.05) is 20.8 Å². The number of hydrogen-bond acceptors (Lipinski definition) is 6. The molecular weight excluding hydrogens is 496 g/mol. The summed E-state index contributed by atoms with van der Waals surface area (Å²) in [5.41, 5.74) is 1.10. The van der Waals surface area contributed by atoms with Crippen molar-refractivity contribution in [3.05, 3.63) is 53.5 Å². The SMILES string of the molecule is CCc1c(F)ccc2cc(O)cc(-c3ncc4c(N5CCC[C@H]5CN5CCCC5)nc(C(C)C)nc4c3F)c12. The van der Waals surface area contributed by atoms with Gasteiger partial charge in [0.2, 0.25) is 0 Å². The Morgan fingerprint density at radius 1 is 1.05 bits per heavy atom. The number of aryl methyl sites for hydroxylation is 1. The molecule has 0 saturated carbocycles. The van der Waals surface area contributed by atoms with Gasteiger partial charge in [0.15, 0.2) is 5.82 Å². The number of benzene rings is 2. The van der Waals surface area contributed by atoms with E-state index in [1.54, 1.807) is 18.3 Å². The maximum atomic E-state index is 16.5. The number of aromatic nitrogens is 3. The third-order valence-electron chi connectivity index (χ3n) is 8.28. The topological polar surface area (TPSA) is 65.4 Å². The lowest BCUT2D eigenvalue weighted by molar-refractivity contribution is 0.313. The summed E-state index contributed by atoms with van der Waals surface area (Å²) >= 11 is 0. The van der Waals surface area contributed by atoms with Gasteiger partial charge in [-0.3, -0.25) is 4.98 Å². The van der Waals surface area contributed by atoms with Crippen LogP contribution in [-0.4, -0.2) is 57.2 Å². The first-order valence-corrected chi connectivity index (χ1v) is 14.1. The zero-order chi connectivity index (χ0) is 27.3. The predicted octanol–water partition coefficient (Wildman–Crippen LogP) is 6.58. The minimum absolute atomic E-state index is 0.00573. The van der Waals surface area contributed by atoms with Crippen LogP contribution in [0.5, 0.6) is 5.75 Å². The molecule has 2 aliphatic rings. The van der Waals surface area contributed by atoms with Crippen molar-refractivity contribution >= 4 is 27.5 Å². The van der Waals surface area contributed by atoms with Crippen LogP contribution in [0.4, 0.5) is 14.6 Å². The van der Waals surface area contributed by atoms with E-state index in [-0.39, 0.29) is 28.7 Å². The van der Waals surface area contributed by atoms with Crippen LogP contribution in [0.1, 0.15) is 63.8 Å². The van der Waals surface area contributed by atoms with Crippen LogP contribution in [0.2, 0.25) is 0 Å². The first-order valence-electron chi connectivity index (χ1n) is 14.1. The molecule has 6 rings (SSSR count). The van der Waals surface area contributed by atoms with Crippen molar-refractivity contribution in [2.45, 2.75) is 64.8 Å². The number of likely N-dealkylation sites (tertiary alicyclic amines) is 1. The molecule has 0 aliphatic carbocycles. The summed E-state index contributed by atoms with van der Waals surface area (Å²) < 4.78 is 31.3. The second-order valence-corrected chi connectivity index (χ2v) is 11.2. The number of phenols is 1. The molecule has 0 bridgehead atoms. The summed E-state index contributed by atoms with van der Waals surface area (Å²) in [5, 5.41) is 12.3. The molecular formula is C31H35F2N5O. The first kappa shape index (κ1) is 25.9. The van der Waals surface area contributed by atoms with Gasteiger partial charge in [-0.05, 0) is 79.7 Å². The Bertz CT molecular complexity index is 1550. The van der Waals surface area contributed by atoms with Crippen LogP contribution in [0.25, 0.3) is 32.9 Å². The number of nitrogens with zero attached hydrogens (tertiary/aromatic N) is 5. The fourth-order valence-corrected chi connectivity index (χ4v) is 6.32. The number of aromatic hydroxyl groups is 1. The van der Waals surface area contributed by atoms with Crippen molar-refractivity contribution in [3.8, 4) is 17.0 Å². The standard InChI is InChI=1S/C31H35F2N5O/c1-4-22-25(32)10-9-19-14-21(39)15-23(26(19)22)28-27(33)29-24(16-34-28)31(36-30(35-29)18(2)3)38-13-7-8-20(38)17-37-11-5-6-12-37/h9-10,14-16,18,20,39H,4-8,11-13,17H2,1-3H3/t20-/m0/s1. The van der Waals surface area contributed by atoms with Crippen molar-refractivity contribution in [2.24, 2.45) is 0 Å². The Hall–Kier alpha value is -3.39. The average molecular weight is 532 g/mol. The molecule has 6 nitrogen and oxygen atoms in total. The lowest BCUT2D eigenvalue weighted by atomic mass is 9.94. The molecule has 2 aromatic carbocycles. The Morgan fingerprint density at radius 2 is 1.85 bits per heavy atom. The van der Waals surface area contributed by atoms with Crippen molar-refractivity contribution in [3.63, 3.8) is 0 Å². The summed E-state index contributed by atoms with van der Waals surface area (Å²) in [6.45, 7) is 9.99. The number of fused-ring (bicyclic) bond motifs is 2. The molecule has 4 heterocycles. The van der Waals surface area contributed by atoms with Crippen LogP contribution >= 0.6 is 0 Å². The number of pyridine rings is 1. The molecule has 0 radical (unpaired) electrons. The van der Waals surface area contributed by atoms with Crippen molar-refractivity contribution in [1.82, 2.24) is 19.9 Å². The molecule has 1 N–H and O–H groups in total. The molecule has 0 unspecified atom stereocenters. The van der Waals surface area contributed by atoms with Crippen molar-refractivity contribution in [1.29, 1.82) is 0 Å². The normalized spacial score (nSPS) is 18.3. The third-order valence-corrected chi connectivity index (χ3v) is 8.28. The van der Waals surface area contributed by atoms with Crippen LogP contribution in [0, 0.1) is 11.6 Å². The largest absolute Gasteiger partial charge is 0.508 e. The van der Waals surface area contributed by atoms with E-state index >= 15 is 4.39 Å². The Labute approximate surface area is 227 Å². The molecule has 4 aromatic rings. The smallest absolute Gasteiger partial charge is 0.175 e. The molecule has 8 heteroatoms. The van der Waals surface area contributed by atoms with Gasteiger partial charge in [0.1, 0.15) is 34.4 Å². The summed E-state index contributed by atoms with van der Waals surface area (Å²) in [7, 11) is 0. The average Bonchev–Trinajstić information content (AvgIpc) is 3.61. The van der Waals surface area contributed by atoms with Crippen molar-refractivity contribution in [2.75, 3.05) is 31.1 Å². The Balaban J connectivity index is 1.54. The van der Waals surface area contributed by atoms with Gasteiger partial charge >= 0.3 is 0 Å². The van der Waals surface area contributed by atoms with Crippen LogP contribution in [-0.2, 0) is 6.42 Å². The highest BCUT2D eigenvalue weighted by molar-refractivity contribution is 6.01. The van der Waals surface area contributed by atoms with Gasteiger partial charge < -0.3 is 14.9 Å². The summed E-state index contributed by atoms with van der Waals surface area (Å²) in [4.78, 5) is 19.1. The highest BCUT2D eigenvalue weighted by Gasteiger charge is 2.31. The lowest BCUT2D eigenvalue weighted by Gasteiger charge is -2.30. The number of anilines is 1. The third kappa shape index (κ3) is 4.58. The quantitative estimate of drug-likeness (QED) is 0.303. The van der Waals surface area contributed by atoms with Gasteiger partial charge in [-0.25, -0.2) is 18.7 Å². The summed E-state index contributed by atoms with van der Waals surface area (Å²) in [5.74, 6) is 0.368. The summed E-state index contributed by atoms with van der Waals surface area (Å²) in [6, 6.07) is 6.35. The second-order valence-electron chi connectivity index (χ2n) is 11.2. The van der Waals surface area contributed by atoms with E-state index in [2.05, 4.69) is 19.8 Å². The van der Waals surface area contributed by atoms with Gasteiger partial charge in [-0.1, -0.05) is 26.8 Å². The molecule has 2 aliphatic heterocycles. The van der Waals surface area contributed by atoms with E-state index in [4.69, 9.17) is 4.98 Å². The second kappa shape index (κ2) is 10.3. The number of phenolic OH excluding ortho intramolecular Hbond substituents is 1. The highest BCUT2D eigenvalue weighted by Crippen LogP contribution is 2.39. The van der Waals surface area contributed by atoms with Gasteiger partial charge in [0.05, 0.1) is 5.39 Å². The van der Waals surface area contributed by atoms with E-state index in [0.717, 1.165) is 44.8 Å². The van der Waals surface area contributed by atoms with Crippen LogP contribution < -0.4 is 4.90 Å². The number of halogens is 2. The molecule has 0 spiro atoms. The van der Waals surface area contributed by atoms with Gasteiger partial charge in [0.25, 0.3) is 0 Å². The molecule has 2 aromatic heterocycles. The zero-order valence-electron chi connectivity index (χ0n) is 22.8. The highest BCUT2D eigenvalue weighted by atomic mass is 19.1. The van der Waals surface area contributed by atoms with E-state index in [1.165, 1.54) is 25.0 Å². The maximum Gasteiger partial charge on any atom is 0.175 e. The number of rotatable bonds is 6. The fraction of sp³-hybridized carbons (Fsp3) is 0.452. The van der Waals surface area contributed by atoms with E-state index in [9.17, 15) is 9.50 Å². The molecule has 0 amide bonds. The molecule has 1 atom stereocenters. The minimum atomic E-state index is -0.577. The first-order chi connectivity index (χ1) is 18.9.